The minimum Gasteiger partial charge on any atom is -0.461 e. The summed E-state index contributed by atoms with van der Waals surface area (Å²) >= 11 is 0. The molecule has 1 amide bonds. The molecule has 0 spiro atoms. The number of esters is 1. The van der Waals surface area contributed by atoms with Crippen molar-refractivity contribution in [2.24, 2.45) is 0 Å². The van der Waals surface area contributed by atoms with Crippen LogP contribution in [0.3, 0.4) is 0 Å². The molecular formula is C13H16N2O3. The van der Waals surface area contributed by atoms with E-state index >= 15 is 0 Å². The smallest absolute Gasteiger partial charge is 0.308 e. The van der Waals surface area contributed by atoms with Crippen LogP contribution in [0.15, 0.2) is 30.3 Å². The average Bonchev–Trinajstić information content (AvgIpc) is 2.40. The van der Waals surface area contributed by atoms with Crippen LogP contribution in [0.1, 0.15) is 12.0 Å². The SMILES string of the molecule is O=C(C[C@H]1NCCNC1=O)OCc1ccccc1. The molecule has 0 saturated carbocycles. The molecule has 1 aliphatic heterocycles. The first-order valence-electron chi connectivity index (χ1n) is 5.96. The molecule has 1 aromatic rings. The third kappa shape index (κ3) is 3.56. The molecule has 5 heteroatoms. The number of hydrogen-bond donors (Lipinski definition) is 2. The van der Waals surface area contributed by atoms with Gasteiger partial charge in [0, 0.05) is 13.1 Å². The number of nitrogens with one attached hydrogen (secondary N) is 2. The molecule has 1 fully saturated rings. The lowest BCUT2D eigenvalue weighted by atomic mass is 10.1. The van der Waals surface area contributed by atoms with Gasteiger partial charge < -0.3 is 15.4 Å². The molecule has 1 atom stereocenters. The number of benzene rings is 1. The van der Waals surface area contributed by atoms with Gasteiger partial charge in [-0.2, -0.15) is 0 Å². The summed E-state index contributed by atoms with van der Waals surface area (Å²) in [4.78, 5) is 23.0. The van der Waals surface area contributed by atoms with Crippen molar-refractivity contribution in [1.82, 2.24) is 10.6 Å². The van der Waals surface area contributed by atoms with E-state index in [2.05, 4.69) is 10.6 Å². The summed E-state index contributed by atoms with van der Waals surface area (Å²) in [5.41, 5.74) is 0.937. The van der Waals surface area contributed by atoms with E-state index in [1.807, 2.05) is 30.3 Å². The fraction of sp³-hybridized carbons (Fsp3) is 0.385. The van der Waals surface area contributed by atoms with Gasteiger partial charge in [0.1, 0.15) is 6.61 Å². The molecule has 2 N–H and O–H groups in total. The number of carbonyl (C=O) groups is 2. The van der Waals surface area contributed by atoms with Crippen molar-refractivity contribution in [3.8, 4) is 0 Å². The Hall–Kier alpha value is -1.88. The minimum absolute atomic E-state index is 0.0681. The summed E-state index contributed by atoms with van der Waals surface area (Å²) in [6.07, 6.45) is 0.0681. The Labute approximate surface area is 106 Å². The highest BCUT2D eigenvalue weighted by Crippen LogP contribution is 2.04. The zero-order chi connectivity index (χ0) is 12.8. The van der Waals surface area contributed by atoms with Crippen molar-refractivity contribution in [3.63, 3.8) is 0 Å². The zero-order valence-electron chi connectivity index (χ0n) is 10.0. The number of amides is 1. The van der Waals surface area contributed by atoms with Gasteiger partial charge in [0.25, 0.3) is 0 Å². The van der Waals surface area contributed by atoms with E-state index in [1.54, 1.807) is 0 Å². The number of rotatable bonds is 4. The highest BCUT2D eigenvalue weighted by molar-refractivity contribution is 5.87. The molecule has 1 heterocycles. The third-order valence-electron chi connectivity index (χ3n) is 2.74. The maximum absolute atomic E-state index is 11.6. The normalized spacial score (nSPS) is 19.1. The molecule has 1 saturated heterocycles. The van der Waals surface area contributed by atoms with E-state index in [0.29, 0.717) is 13.1 Å². The van der Waals surface area contributed by atoms with E-state index in [-0.39, 0.29) is 24.9 Å². The fourth-order valence-corrected chi connectivity index (χ4v) is 1.78. The number of carbonyl (C=O) groups excluding carboxylic acids is 2. The van der Waals surface area contributed by atoms with Gasteiger partial charge in [-0.15, -0.1) is 0 Å². The van der Waals surface area contributed by atoms with E-state index in [4.69, 9.17) is 4.74 Å². The predicted octanol–water partition coefficient (Wildman–Crippen LogP) is 0.208. The lowest BCUT2D eigenvalue weighted by Crippen LogP contribution is -2.53. The second-order valence-corrected chi connectivity index (χ2v) is 4.15. The predicted molar refractivity (Wildman–Crippen MR) is 65.7 cm³/mol. The van der Waals surface area contributed by atoms with E-state index in [1.165, 1.54) is 0 Å². The lowest BCUT2D eigenvalue weighted by Gasteiger charge is -2.22. The Balaban J connectivity index is 1.76. The van der Waals surface area contributed by atoms with Gasteiger partial charge in [-0.25, -0.2) is 0 Å². The van der Waals surface area contributed by atoms with E-state index in [0.717, 1.165) is 5.56 Å². The second kappa shape index (κ2) is 6.16. The molecule has 0 radical (unpaired) electrons. The summed E-state index contributed by atoms with van der Waals surface area (Å²) in [5, 5.41) is 5.69. The first-order chi connectivity index (χ1) is 8.75. The monoisotopic (exact) mass is 248 g/mol. The quantitative estimate of drug-likeness (QED) is 0.747. The van der Waals surface area contributed by atoms with E-state index in [9.17, 15) is 9.59 Å². The molecule has 1 aromatic carbocycles. The molecule has 5 nitrogen and oxygen atoms in total. The van der Waals surface area contributed by atoms with Crippen molar-refractivity contribution in [3.05, 3.63) is 35.9 Å². The molecule has 0 unspecified atom stereocenters. The van der Waals surface area contributed by atoms with Crippen LogP contribution in [0, 0.1) is 0 Å². The van der Waals surface area contributed by atoms with Crippen LogP contribution in [0.4, 0.5) is 0 Å². The summed E-state index contributed by atoms with van der Waals surface area (Å²) in [5.74, 6) is -0.508. The molecule has 96 valence electrons. The van der Waals surface area contributed by atoms with Crippen LogP contribution >= 0.6 is 0 Å². The molecular weight excluding hydrogens is 232 g/mol. The largest absolute Gasteiger partial charge is 0.461 e. The van der Waals surface area contributed by atoms with Crippen LogP contribution in [-0.2, 0) is 20.9 Å². The van der Waals surface area contributed by atoms with Gasteiger partial charge in [0.05, 0.1) is 12.5 Å². The van der Waals surface area contributed by atoms with Crippen LogP contribution in [0.2, 0.25) is 0 Å². The maximum atomic E-state index is 11.6. The maximum Gasteiger partial charge on any atom is 0.308 e. The Kier molecular flexibility index (Phi) is 4.30. The van der Waals surface area contributed by atoms with Crippen LogP contribution < -0.4 is 10.6 Å². The van der Waals surface area contributed by atoms with Gasteiger partial charge in [-0.1, -0.05) is 30.3 Å². The molecule has 1 aliphatic rings. The summed E-state index contributed by atoms with van der Waals surface area (Å²) in [6.45, 7) is 1.53. The summed E-state index contributed by atoms with van der Waals surface area (Å²) in [6, 6.07) is 8.99. The average molecular weight is 248 g/mol. The van der Waals surface area contributed by atoms with Crippen molar-refractivity contribution in [2.75, 3.05) is 13.1 Å². The van der Waals surface area contributed by atoms with Crippen molar-refractivity contribution < 1.29 is 14.3 Å². The molecule has 0 aromatic heterocycles. The molecule has 0 aliphatic carbocycles. The third-order valence-corrected chi connectivity index (χ3v) is 2.74. The Morgan fingerprint density at radius 3 is 2.78 bits per heavy atom. The highest BCUT2D eigenvalue weighted by Gasteiger charge is 2.24. The zero-order valence-corrected chi connectivity index (χ0v) is 10.0. The Morgan fingerprint density at radius 2 is 2.06 bits per heavy atom. The number of hydrogen-bond acceptors (Lipinski definition) is 4. The van der Waals surface area contributed by atoms with Crippen LogP contribution in [-0.4, -0.2) is 31.0 Å². The lowest BCUT2D eigenvalue weighted by molar-refractivity contribution is -0.147. The van der Waals surface area contributed by atoms with Gasteiger partial charge in [-0.3, -0.25) is 9.59 Å². The molecule has 18 heavy (non-hydrogen) atoms. The van der Waals surface area contributed by atoms with Gasteiger partial charge in [-0.05, 0) is 5.56 Å². The van der Waals surface area contributed by atoms with Crippen molar-refractivity contribution in [2.45, 2.75) is 19.1 Å². The van der Waals surface area contributed by atoms with Crippen molar-refractivity contribution in [1.29, 1.82) is 0 Å². The van der Waals surface area contributed by atoms with Crippen LogP contribution in [0.5, 0.6) is 0 Å². The number of ether oxygens (including phenoxy) is 1. The minimum atomic E-state index is -0.470. The van der Waals surface area contributed by atoms with Crippen LogP contribution in [0.25, 0.3) is 0 Å². The van der Waals surface area contributed by atoms with Crippen molar-refractivity contribution >= 4 is 11.9 Å². The van der Waals surface area contributed by atoms with E-state index < -0.39 is 6.04 Å². The second-order valence-electron chi connectivity index (χ2n) is 4.15. The Morgan fingerprint density at radius 1 is 1.28 bits per heavy atom. The molecule has 2 rings (SSSR count). The Bertz CT molecular complexity index is 420. The van der Waals surface area contributed by atoms with Gasteiger partial charge in [0.15, 0.2) is 0 Å². The topological polar surface area (TPSA) is 67.4 Å². The standard InChI is InChI=1S/C13H16N2O3/c16-12(8-11-13(17)15-7-6-14-11)18-9-10-4-2-1-3-5-10/h1-5,11,14H,6-9H2,(H,15,17)/t11-/m1/s1. The highest BCUT2D eigenvalue weighted by atomic mass is 16.5. The summed E-state index contributed by atoms with van der Waals surface area (Å²) in [7, 11) is 0. The van der Waals surface area contributed by atoms with Gasteiger partial charge in [0.2, 0.25) is 5.91 Å². The molecule has 0 bridgehead atoms. The summed E-state index contributed by atoms with van der Waals surface area (Å²) < 4.78 is 5.12. The number of piperazine rings is 1. The fourth-order valence-electron chi connectivity index (χ4n) is 1.78. The van der Waals surface area contributed by atoms with Gasteiger partial charge >= 0.3 is 5.97 Å². The first-order valence-corrected chi connectivity index (χ1v) is 5.96. The first kappa shape index (κ1) is 12.6.